The van der Waals surface area contributed by atoms with E-state index in [1.165, 1.54) is 29.0 Å². The predicted molar refractivity (Wildman–Crippen MR) is 82.8 cm³/mol. The Balaban J connectivity index is 1.95. The smallest absolute Gasteiger partial charge is 0.175 e. The highest BCUT2D eigenvalue weighted by Gasteiger charge is 2.12. The lowest BCUT2D eigenvalue weighted by atomic mass is 10.1. The van der Waals surface area contributed by atoms with E-state index < -0.39 is 11.6 Å². The van der Waals surface area contributed by atoms with Crippen LogP contribution in [0.15, 0.2) is 36.4 Å². The van der Waals surface area contributed by atoms with Gasteiger partial charge in [0.25, 0.3) is 0 Å². The number of ketones is 1. The number of hydrogen-bond acceptors (Lipinski definition) is 2. The standard InChI is InChI=1S/C17H16F2OS/c1-11-5-12(2)7-13(6-11)9-21-10-17(20)15-4-3-14(18)8-16(15)19/h3-8H,9-10H2,1-2H3. The summed E-state index contributed by atoms with van der Waals surface area (Å²) in [5.74, 6) is -0.923. The fraction of sp³-hybridized carbons (Fsp3) is 0.235. The van der Waals surface area contributed by atoms with E-state index in [-0.39, 0.29) is 17.1 Å². The summed E-state index contributed by atoms with van der Waals surface area (Å²) >= 11 is 1.43. The summed E-state index contributed by atoms with van der Waals surface area (Å²) < 4.78 is 26.3. The molecule has 0 heterocycles. The van der Waals surface area contributed by atoms with Crippen LogP contribution < -0.4 is 0 Å². The van der Waals surface area contributed by atoms with Crippen molar-refractivity contribution in [2.24, 2.45) is 0 Å². The Bertz CT molecular complexity index is 648. The van der Waals surface area contributed by atoms with Gasteiger partial charge in [-0.15, -0.1) is 11.8 Å². The minimum atomic E-state index is -0.799. The zero-order valence-corrected chi connectivity index (χ0v) is 12.8. The van der Waals surface area contributed by atoms with Crippen LogP contribution in [0.1, 0.15) is 27.0 Å². The molecule has 2 aromatic rings. The number of carbonyl (C=O) groups excluding carboxylic acids is 1. The number of aryl methyl sites for hydroxylation is 2. The molecule has 0 N–H and O–H groups in total. The van der Waals surface area contributed by atoms with E-state index in [0.29, 0.717) is 5.75 Å². The van der Waals surface area contributed by atoms with Gasteiger partial charge in [-0.1, -0.05) is 29.3 Å². The summed E-state index contributed by atoms with van der Waals surface area (Å²) in [6.07, 6.45) is 0. The molecule has 0 bridgehead atoms. The molecule has 0 radical (unpaired) electrons. The maximum absolute atomic E-state index is 13.5. The largest absolute Gasteiger partial charge is 0.293 e. The zero-order chi connectivity index (χ0) is 15.4. The van der Waals surface area contributed by atoms with Crippen molar-refractivity contribution in [2.45, 2.75) is 19.6 Å². The van der Waals surface area contributed by atoms with Crippen LogP contribution in [0.5, 0.6) is 0 Å². The van der Waals surface area contributed by atoms with Crippen molar-refractivity contribution in [3.8, 4) is 0 Å². The Labute approximate surface area is 127 Å². The van der Waals surface area contributed by atoms with E-state index in [1.807, 2.05) is 13.8 Å². The van der Waals surface area contributed by atoms with Crippen molar-refractivity contribution >= 4 is 17.5 Å². The molecule has 4 heteroatoms. The van der Waals surface area contributed by atoms with Crippen LogP contribution in [0.2, 0.25) is 0 Å². The molecule has 2 rings (SSSR count). The van der Waals surface area contributed by atoms with Crippen LogP contribution in [-0.2, 0) is 5.75 Å². The summed E-state index contributed by atoms with van der Waals surface area (Å²) in [5.41, 5.74) is 3.46. The molecule has 1 nitrogen and oxygen atoms in total. The molecule has 110 valence electrons. The highest BCUT2D eigenvalue weighted by molar-refractivity contribution is 7.99. The summed E-state index contributed by atoms with van der Waals surface area (Å²) in [4.78, 5) is 11.9. The van der Waals surface area contributed by atoms with Gasteiger partial charge < -0.3 is 0 Å². The summed E-state index contributed by atoms with van der Waals surface area (Å²) in [6.45, 7) is 4.06. The van der Waals surface area contributed by atoms with E-state index in [2.05, 4.69) is 18.2 Å². The van der Waals surface area contributed by atoms with E-state index in [0.717, 1.165) is 17.7 Å². The van der Waals surface area contributed by atoms with Crippen LogP contribution in [0.3, 0.4) is 0 Å². The third-order valence-electron chi connectivity index (χ3n) is 3.01. The molecule has 0 saturated carbocycles. The average molecular weight is 306 g/mol. The van der Waals surface area contributed by atoms with Crippen LogP contribution in [0.4, 0.5) is 8.78 Å². The van der Waals surface area contributed by atoms with Crippen LogP contribution in [0, 0.1) is 25.5 Å². The van der Waals surface area contributed by atoms with E-state index >= 15 is 0 Å². The molecular weight excluding hydrogens is 290 g/mol. The topological polar surface area (TPSA) is 17.1 Å². The third-order valence-corrected chi connectivity index (χ3v) is 4.02. The summed E-state index contributed by atoms with van der Waals surface area (Å²) in [5, 5.41) is 0. The lowest BCUT2D eigenvalue weighted by Crippen LogP contribution is -2.06. The second-order valence-corrected chi connectivity index (χ2v) is 6.02. The van der Waals surface area contributed by atoms with Crippen molar-refractivity contribution in [3.05, 3.63) is 70.3 Å². The molecule has 2 aromatic carbocycles. The van der Waals surface area contributed by atoms with Gasteiger partial charge in [0.1, 0.15) is 11.6 Å². The van der Waals surface area contributed by atoms with Crippen molar-refractivity contribution in [1.29, 1.82) is 0 Å². The van der Waals surface area contributed by atoms with E-state index in [4.69, 9.17) is 0 Å². The molecule has 0 unspecified atom stereocenters. The first-order valence-corrected chi connectivity index (χ1v) is 7.74. The van der Waals surface area contributed by atoms with Crippen LogP contribution in [-0.4, -0.2) is 11.5 Å². The Kier molecular flexibility index (Phi) is 5.12. The molecule has 0 aliphatic rings. The quantitative estimate of drug-likeness (QED) is 0.745. The first-order chi connectivity index (χ1) is 9.95. The summed E-state index contributed by atoms with van der Waals surface area (Å²) in [7, 11) is 0. The average Bonchev–Trinajstić information content (AvgIpc) is 2.37. The van der Waals surface area contributed by atoms with Gasteiger partial charge in [-0.2, -0.15) is 0 Å². The van der Waals surface area contributed by atoms with Crippen LogP contribution in [0.25, 0.3) is 0 Å². The number of thioether (sulfide) groups is 1. The molecule has 0 atom stereocenters. The highest BCUT2D eigenvalue weighted by Crippen LogP contribution is 2.18. The van der Waals surface area contributed by atoms with Crippen molar-refractivity contribution < 1.29 is 13.6 Å². The Morgan fingerprint density at radius 2 is 1.71 bits per heavy atom. The first-order valence-electron chi connectivity index (χ1n) is 6.59. The molecule has 0 spiro atoms. The monoisotopic (exact) mass is 306 g/mol. The number of halogens is 2. The molecule has 21 heavy (non-hydrogen) atoms. The Morgan fingerprint density at radius 3 is 2.33 bits per heavy atom. The Morgan fingerprint density at radius 1 is 1.05 bits per heavy atom. The molecule has 0 aromatic heterocycles. The first kappa shape index (κ1) is 15.7. The van der Waals surface area contributed by atoms with Gasteiger partial charge in [0.15, 0.2) is 5.78 Å². The maximum Gasteiger partial charge on any atom is 0.175 e. The number of hydrogen-bond donors (Lipinski definition) is 0. The number of carbonyl (C=O) groups is 1. The number of rotatable bonds is 5. The Hall–Kier alpha value is -1.68. The second kappa shape index (κ2) is 6.85. The van der Waals surface area contributed by atoms with Gasteiger partial charge in [-0.3, -0.25) is 4.79 Å². The minimum absolute atomic E-state index is 0.0516. The highest BCUT2D eigenvalue weighted by atomic mass is 32.2. The molecule has 0 aliphatic heterocycles. The van der Waals surface area contributed by atoms with Crippen molar-refractivity contribution in [2.75, 3.05) is 5.75 Å². The predicted octanol–water partition coefficient (Wildman–Crippen LogP) is 4.70. The maximum atomic E-state index is 13.5. The minimum Gasteiger partial charge on any atom is -0.293 e. The molecule has 0 aliphatic carbocycles. The van der Waals surface area contributed by atoms with Gasteiger partial charge in [-0.05, 0) is 31.5 Å². The lowest BCUT2D eigenvalue weighted by molar-refractivity contribution is 0.101. The van der Waals surface area contributed by atoms with E-state index in [9.17, 15) is 13.6 Å². The second-order valence-electron chi connectivity index (χ2n) is 5.04. The van der Waals surface area contributed by atoms with Gasteiger partial charge >= 0.3 is 0 Å². The van der Waals surface area contributed by atoms with Crippen molar-refractivity contribution in [3.63, 3.8) is 0 Å². The third kappa shape index (κ3) is 4.39. The van der Waals surface area contributed by atoms with E-state index in [1.54, 1.807) is 0 Å². The fourth-order valence-corrected chi connectivity index (χ4v) is 3.05. The molecular formula is C17H16F2OS. The molecule has 0 amide bonds. The normalized spacial score (nSPS) is 10.7. The fourth-order valence-electron chi connectivity index (χ4n) is 2.21. The van der Waals surface area contributed by atoms with Crippen molar-refractivity contribution in [1.82, 2.24) is 0 Å². The molecule has 0 fully saturated rings. The van der Waals surface area contributed by atoms with Gasteiger partial charge in [-0.25, -0.2) is 8.78 Å². The summed E-state index contributed by atoms with van der Waals surface area (Å²) in [6, 6.07) is 9.27. The lowest BCUT2D eigenvalue weighted by Gasteiger charge is -2.05. The number of benzene rings is 2. The number of Topliss-reactive ketones (excluding diaryl/α,β-unsaturated/α-hetero) is 1. The zero-order valence-electron chi connectivity index (χ0n) is 12.0. The van der Waals surface area contributed by atoms with Crippen LogP contribution >= 0.6 is 11.8 Å². The molecule has 0 saturated heterocycles. The van der Waals surface area contributed by atoms with Gasteiger partial charge in [0, 0.05) is 11.8 Å². The van der Waals surface area contributed by atoms with Gasteiger partial charge in [0.05, 0.1) is 11.3 Å². The SMILES string of the molecule is Cc1cc(C)cc(CSCC(=O)c2ccc(F)cc2F)c1. The van der Waals surface area contributed by atoms with Gasteiger partial charge in [0.2, 0.25) is 0 Å².